The van der Waals surface area contributed by atoms with Gasteiger partial charge in [0, 0.05) is 12.5 Å². The molecular weight excluding hydrogens is 144 g/mol. The molecule has 1 aliphatic heterocycles. The third-order valence-corrected chi connectivity index (χ3v) is 2.07. The Hall–Kier alpha value is -0.610. The van der Waals surface area contributed by atoms with Crippen molar-refractivity contribution >= 4 is 5.91 Å². The van der Waals surface area contributed by atoms with E-state index in [1.165, 1.54) is 0 Å². The first-order chi connectivity index (χ1) is 5.22. The number of piperidine rings is 1. The van der Waals surface area contributed by atoms with Gasteiger partial charge in [-0.1, -0.05) is 0 Å². The van der Waals surface area contributed by atoms with Crippen molar-refractivity contribution in [3.63, 3.8) is 0 Å². The molecule has 0 aliphatic carbocycles. The van der Waals surface area contributed by atoms with Crippen LogP contribution in [0.5, 0.6) is 0 Å². The van der Waals surface area contributed by atoms with Crippen LogP contribution in [0, 0.1) is 5.92 Å². The SMILES string of the molecule is NC(=O)[C@H](O)[C@H]1CCCNC1. The maximum atomic E-state index is 10.5. The minimum absolute atomic E-state index is 0.0150. The average Bonchev–Trinajstić information content (AvgIpc) is 2.05. The zero-order valence-corrected chi connectivity index (χ0v) is 6.42. The molecule has 1 aliphatic rings. The number of nitrogens with two attached hydrogens (primary N) is 1. The van der Waals surface area contributed by atoms with Gasteiger partial charge in [0.15, 0.2) is 0 Å². The predicted molar refractivity (Wildman–Crippen MR) is 40.8 cm³/mol. The van der Waals surface area contributed by atoms with Crippen LogP contribution in [0.2, 0.25) is 0 Å². The lowest BCUT2D eigenvalue weighted by Crippen LogP contribution is -2.43. The van der Waals surface area contributed by atoms with Gasteiger partial charge in [-0.25, -0.2) is 0 Å². The van der Waals surface area contributed by atoms with Crippen LogP contribution in [-0.4, -0.2) is 30.2 Å². The van der Waals surface area contributed by atoms with Crippen LogP contribution in [0.25, 0.3) is 0 Å². The Labute approximate surface area is 65.8 Å². The number of carbonyl (C=O) groups is 1. The van der Waals surface area contributed by atoms with Gasteiger partial charge in [0.25, 0.3) is 0 Å². The number of primary amides is 1. The summed E-state index contributed by atoms with van der Waals surface area (Å²) in [6, 6.07) is 0. The lowest BCUT2D eigenvalue weighted by Gasteiger charge is -2.25. The number of carbonyl (C=O) groups excluding carboxylic acids is 1. The molecular formula is C7H14N2O2. The molecule has 1 fully saturated rings. The first-order valence-corrected chi connectivity index (χ1v) is 3.90. The minimum atomic E-state index is -0.970. The number of rotatable bonds is 2. The van der Waals surface area contributed by atoms with Gasteiger partial charge >= 0.3 is 0 Å². The number of hydrogen-bond donors (Lipinski definition) is 3. The van der Waals surface area contributed by atoms with Gasteiger partial charge < -0.3 is 16.2 Å². The van der Waals surface area contributed by atoms with Crippen LogP contribution in [0.4, 0.5) is 0 Å². The fraction of sp³-hybridized carbons (Fsp3) is 0.857. The second-order valence-corrected chi connectivity index (χ2v) is 2.95. The van der Waals surface area contributed by atoms with Crippen molar-refractivity contribution in [1.82, 2.24) is 5.32 Å². The summed E-state index contributed by atoms with van der Waals surface area (Å²) in [5.74, 6) is -0.597. The Morgan fingerprint density at radius 2 is 2.45 bits per heavy atom. The molecule has 11 heavy (non-hydrogen) atoms. The number of hydrogen-bond acceptors (Lipinski definition) is 3. The lowest BCUT2D eigenvalue weighted by molar-refractivity contribution is -0.129. The van der Waals surface area contributed by atoms with Crippen molar-refractivity contribution in [2.45, 2.75) is 18.9 Å². The molecule has 0 aromatic carbocycles. The predicted octanol–water partition coefficient (Wildman–Crippen LogP) is -1.17. The maximum absolute atomic E-state index is 10.5. The maximum Gasteiger partial charge on any atom is 0.246 e. The van der Waals surface area contributed by atoms with E-state index in [-0.39, 0.29) is 5.92 Å². The molecule has 4 N–H and O–H groups in total. The zero-order chi connectivity index (χ0) is 8.27. The molecule has 1 saturated heterocycles. The van der Waals surface area contributed by atoms with Crippen molar-refractivity contribution in [3.8, 4) is 0 Å². The number of aliphatic hydroxyl groups is 1. The Morgan fingerprint density at radius 1 is 1.73 bits per heavy atom. The Kier molecular flexibility index (Phi) is 2.84. The molecule has 0 unspecified atom stereocenters. The fourth-order valence-electron chi connectivity index (χ4n) is 1.38. The monoisotopic (exact) mass is 158 g/mol. The molecule has 1 amide bonds. The van der Waals surface area contributed by atoms with Crippen LogP contribution in [0.1, 0.15) is 12.8 Å². The lowest BCUT2D eigenvalue weighted by atomic mass is 9.93. The average molecular weight is 158 g/mol. The second-order valence-electron chi connectivity index (χ2n) is 2.95. The molecule has 0 aromatic heterocycles. The Balaban J connectivity index is 2.38. The quantitative estimate of drug-likeness (QED) is 0.474. The van der Waals surface area contributed by atoms with E-state index in [9.17, 15) is 9.90 Å². The van der Waals surface area contributed by atoms with Gasteiger partial charge in [0.05, 0.1) is 0 Å². The zero-order valence-electron chi connectivity index (χ0n) is 6.42. The summed E-state index contributed by atoms with van der Waals surface area (Å²) < 4.78 is 0. The van der Waals surface area contributed by atoms with Crippen molar-refractivity contribution in [3.05, 3.63) is 0 Å². The van der Waals surface area contributed by atoms with Gasteiger partial charge in [-0.2, -0.15) is 0 Å². The van der Waals surface area contributed by atoms with Crippen molar-refractivity contribution in [2.24, 2.45) is 11.7 Å². The standard InChI is InChI=1S/C7H14N2O2/c8-7(11)6(10)5-2-1-3-9-4-5/h5-6,9-10H,1-4H2,(H2,8,11)/t5-,6+/m0/s1. The van der Waals surface area contributed by atoms with Gasteiger partial charge in [0.2, 0.25) is 5.91 Å². The number of nitrogens with one attached hydrogen (secondary N) is 1. The highest BCUT2D eigenvalue weighted by Crippen LogP contribution is 2.13. The van der Waals surface area contributed by atoms with Crippen LogP contribution >= 0.6 is 0 Å². The van der Waals surface area contributed by atoms with E-state index >= 15 is 0 Å². The molecule has 64 valence electrons. The van der Waals surface area contributed by atoms with Crippen molar-refractivity contribution in [1.29, 1.82) is 0 Å². The number of aliphatic hydroxyl groups excluding tert-OH is 1. The highest BCUT2D eigenvalue weighted by Gasteiger charge is 2.25. The van der Waals surface area contributed by atoms with Gasteiger partial charge in [-0.05, 0) is 19.4 Å². The van der Waals surface area contributed by atoms with Gasteiger partial charge in [-0.3, -0.25) is 4.79 Å². The summed E-state index contributed by atoms with van der Waals surface area (Å²) in [5.41, 5.74) is 4.95. The highest BCUT2D eigenvalue weighted by molar-refractivity contribution is 5.78. The summed E-state index contributed by atoms with van der Waals surface area (Å²) in [6.07, 6.45) is 0.925. The summed E-state index contributed by atoms with van der Waals surface area (Å²) in [6.45, 7) is 1.67. The van der Waals surface area contributed by atoms with Crippen molar-refractivity contribution in [2.75, 3.05) is 13.1 Å². The molecule has 0 saturated carbocycles. The van der Waals surface area contributed by atoms with E-state index in [0.717, 1.165) is 19.4 Å². The first-order valence-electron chi connectivity index (χ1n) is 3.90. The molecule has 4 heteroatoms. The number of amides is 1. The molecule has 2 atom stereocenters. The summed E-state index contributed by atoms with van der Waals surface area (Å²) in [4.78, 5) is 10.5. The van der Waals surface area contributed by atoms with Crippen LogP contribution < -0.4 is 11.1 Å². The van der Waals surface area contributed by atoms with Gasteiger partial charge in [-0.15, -0.1) is 0 Å². The smallest absolute Gasteiger partial charge is 0.246 e. The summed E-state index contributed by atoms with van der Waals surface area (Å²) in [7, 11) is 0. The summed E-state index contributed by atoms with van der Waals surface area (Å²) in [5, 5.41) is 12.3. The molecule has 0 spiro atoms. The summed E-state index contributed by atoms with van der Waals surface area (Å²) >= 11 is 0. The van der Waals surface area contributed by atoms with Crippen LogP contribution in [0.3, 0.4) is 0 Å². The normalized spacial score (nSPS) is 27.9. The second kappa shape index (κ2) is 3.69. The van der Waals surface area contributed by atoms with Crippen LogP contribution in [0.15, 0.2) is 0 Å². The molecule has 4 nitrogen and oxygen atoms in total. The third-order valence-electron chi connectivity index (χ3n) is 2.07. The topological polar surface area (TPSA) is 75.4 Å². The Bertz CT molecular complexity index is 143. The largest absolute Gasteiger partial charge is 0.383 e. The molecule has 1 rings (SSSR count). The Morgan fingerprint density at radius 3 is 2.91 bits per heavy atom. The van der Waals surface area contributed by atoms with E-state index in [1.807, 2.05) is 0 Å². The molecule has 0 bridgehead atoms. The van der Waals surface area contributed by atoms with E-state index < -0.39 is 12.0 Å². The third kappa shape index (κ3) is 2.17. The van der Waals surface area contributed by atoms with E-state index in [0.29, 0.717) is 6.54 Å². The molecule has 1 heterocycles. The fourth-order valence-corrected chi connectivity index (χ4v) is 1.38. The first kappa shape index (κ1) is 8.49. The van der Waals surface area contributed by atoms with E-state index in [1.54, 1.807) is 0 Å². The van der Waals surface area contributed by atoms with Crippen molar-refractivity contribution < 1.29 is 9.90 Å². The van der Waals surface area contributed by atoms with Gasteiger partial charge in [0.1, 0.15) is 6.10 Å². The van der Waals surface area contributed by atoms with E-state index in [4.69, 9.17) is 5.73 Å². The van der Waals surface area contributed by atoms with E-state index in [2.05, 4.69) is 5.32 Å². The molecule has 0 radical (unpaired) electrons. The van der Waals surface area contributed by atoms with Crippen LogP contribution in [-0.2, 0) is 4.79 Å². The minimum Gasteiger partial charge on any atom is -0.383 e. The highest BCUT2D eigenvalue weighted by atomic mass is 16.3. The molecule has 0 aromatic rings.